The molecule has 11 heteroatoms. The number of hydrogen-bond donors (Lipinski definition) is 0. The summed E-state index contributed by atoms with van der Waals surface area (Å²) in [6, 6.07) is 4.18. The van der Waals surface area contributed by atoms with Crippen molar-refractivity contribution in [3.05, 3.63) is 68.5 Å². The predicted octanol–water partition coefficient (Wildman–Crippen LogP) is 4.54. The lowest BCUT2D eigenvalue weighted by Crippen LogP contribution is -2.34. The number of methoxy groups -OCH3 is 2. The Bertz CT molecular complexity index is 1350. The minimum absolute atomic E-state index is 0.0147. The fourth-order valence-corrected chi connectivity index (χ4v) is 4.55. The average molecular weight is 559 g/mol. The van der Waals surface area contributed by atoms with Crippen LogP contribution in [0.15, 0.2) is 41.7 Å². The van der Waals surface area contributed by atoms with Gasteiger partial charge in [0, 0.05) is 23.5 Å². The molecule has 2 aromatic rings. The summed E-state index contributed by atoms with van der Waals surface area (Å²) in [5, 5.41) is 0.101. The van der Waals surface area contributed by atoms with Gasteiger partial charge >= 0.3 is 17.9 Å². The molecule has 0 fully saturated rings. The molecule has 1 aromatic carbocycles. The van der Waals surface area contributed by atoms with Gasteiger partial charge in [-0.05, 0) is 49.4 Å². The second-order valence-electron chi connectivity index (χ2n) is 8.18. The molecule has 0 atom stereocenters. The maximum absolute atomic E-state index is 14.1. The van der Waals surface area contributed by atoms with Crippen molar-refractivity contribution in [3.8, 4) is 12.3 Å². The summed E-state index contributed by atoms with van der Waals surface area (Å²) in [6.45, 7) is -0.347. The zero-order chi connectivity index (χ0) is 27.8. The molecule has 0 unspecified atom stereocenters. The number of benzene rings is 1. The average Bonchev–Trinajstić information content (AvgIpc) is 2.93. The van der Waals surface area contributed by atoms with E-state index in [0.717, 1.165) is 0 Å². The van der Waals surface area contributed by atoms with E-state index in [4.69, 9.17) is 43.8 Å². The first-order valence-corrected chi connectivity index (χ1v) is 12.2. The number of amides is 1. The van der Waals surface area contributed by atoms with E-state index in [1.807, 2.05) is 0 Å². The van der Waals surface area contributed by atoms with Crippen molar-refractivity contribution in [2.24, 2.45) is 0 Å². The molecule has 0 bridgehead atoms. The van der Waals surface area contributed by atoms with Gasteiger partial charge in [-0.3, -0.25) is 9.78 Å². The fraction of sp³-hybridized carbons (Fsp3) is 0.296. The quantitative estimate of drug-likeness (QED) is 0.263. The van der Waals surface area contributed by atoms with E-state index in [0.29, 0.717) is 31.2 Å². The standard InChI is InChI=1S/C27H24Cl2N2O7/c1-4-9-38-27(35)19-8-6-5-7-18(19)24(32)31(15-16-10-17(14-30-13-16)25(33)36-2)23-11-20(26(34)37-3)21(28)12-22(23)29/h1,10-14H,5-9,15H2,2-3H3. The Morgan fingerprint density at radius 2 is 1.63 bits per heavy atom. The Kier molecular flexibility index (Phi) is 9.88. The molecule has 0 saturated heterocycles. The number of nitrogens with zero attached hydrogens (tertiary/aromatic N) is 2. The zero-order valence-corrected chi connectivity index (χ0v) is 22.2. The van der Waals surface area contributed by atoms with Crippen LogP contribution in [0.1, 0.15) is 52.0 Å². The number of carbonyl (C=O) groups excluding carboxylic acids is 4. The Labute approximate surface area is 229 Å². The van der Waals surface area contributed by atoms with E-state index in [2.05, 4.69) is 10.9 Å². The molecule has 0 N–H and O–H groups in total. The molecule has 38 heavy (non-hydrogen) atoms. The van der Waals surface area contributed by atoms with Gasteiger partial charge < -0.3 is 19.1 Å². The summed E-state index contributed by atoms with van der Waals surface area (Å²) in [5.41, 5.74) is 1.21. The van der Waals surface area contributed by atoms with Crippen LogP contribution < -0.4 is 4.90 Å². The van der Waals surface area contributed by atoms with Crippen molar-refractivity contribution in [1.29, 1.82) is 0 Å². The molecular formula is C27H24Cl2N2O7. The molecule has 1 aliphatic rings. The normalized spacial score (nSPS) is 12.8. The van der Waals surface area contributed by atoms with Crippen LogP contribution >= 0.6 is 23.2 Å². The zero-order valence-electron chi connectivity index (χ0n) is 20.7. The van der Waals surface area contributed by atoms with Gasteiger partial charge in [0.25, 0.3) is 5.91 Å². The van der Waals surface area contributed by atoms with Gasteiger partial charge in [-0.25, -0.2) is 14.4 Å². The predicted molar refractivity (Wildman–Crippen MR) is 140 cm³/mol. The lowest BCUT2D eigenvalue weighted by Gasteiger charge is -2.28. The molecule has 0 aliphatic heterocycles. The van der Waals surface area contributed by atoms with Crippen molar-refractivity contribution in [2.75, 3.05) is 25.7 Å². The fourth-order valence-electron chi connectivity index (χ4n) is 3.99. The van der Waals surface area contributed by atoms with Crippen molar-refractivity contribution in [3.63, 3.8) is 0 Å². The number of rotatable bonds is 8. The maximum Gasteiger partial charge on any atom is 0.339 e. The van der Waals surface area contributed by atoms with E-state index in [9.17, 15) is 19.2 Å². The van der Waals surface area contributed by atoms with E-state index >= 15 is 0 Å². The number of hydrogen-bond acceptors (Lipinski definition) is 8. The van der Waals surface area contributed by atoms with Crippen LogP contribution in [-0.4, -0.2) is 49.6 Å². The number of aromatic nitrogens is 1. The van der Waals surface area contributed by atoms with E-state index in [-0.39, 0.29) is 51.2 Å². The maximum atomic E-state index is 14.1. The number of terminal acetylenes is 1. The monoisotopic (exact) mass is 558 g/mol. The first-order chi connectivity index (χ1) is 18.2. The van der Waals surface area contributed by atoms with Crippen molar-refractivity contribution in [2.45, 2.75) is 32.2 Å². The summed E-state index contributed by atoms with van der Waals surface area (Å²) >= 11 is 12.7. The second kappa shape index (κ2) is 13.1. The summed E-state index contributed by atoms with van der Waals surface area (Å²) in [5.74, 6) is -0.311. The van der Waals surface area contributed by atoms with Crippen LogP contribution in [0, 0.1) is 12.3 Å². The number of ether oxygens (including phenoxy) is 3. The topological polar surface area (TPSA) is 112 Å². The highest BCUT2D eigenvalue weighted by atomic mass is 35.5. The Morgan fingerprint density at radius 3 is 2.29 bits per heavy atom. The third kappa shape index (κ3) is 6.52. The first kappa shape index (κ1) is 28.7. The minimum Gasteiger partial charge on any atom is -0.465 e. The SMILES string of the molecule is C#CCOC(=O)C1=C(C(=O)N(Cc2cncc(C(=O)OC)c2)c2cc(C(=O)OC)c(Cl)cc2Cl)CCCC1. The first-order valence-electron chi connectivity index (χ1n) is 11.5. The summed E-state index contributed by atoms with van der Waals surface area (Å²) in [7, 11) is 2.43. The highest BCUT2D eigenvalue weighted by Crippen LogP contribution is 2.36. The largest absolute Gasteiger partial charge is 0.465 e. The molecule has 1 amide bonds. The van der Waals surface area contributed by atoms with Gasteiger partial charge in [0.1, 0.15) is 0 Å². The Balaban J connectivity index is 2.16. The van der Waals surface area contributed by atoms with Crippen LogP contribution in [-0.2, 0) is 30.3 Å². The molecule has 0 spiro atoms. The number of anilines is 1. The molecule has 0 radical (unpaired) electrons. The van der Waals surface area contributed by atoms with E-state index in [1.165, 1.54) is 49.7 Å². The molecule has 0 saturated carbocycles. The van der Waals surface area contributed by atoms with Crippen molar-refractivity contribution >= 4 is 52.7 Å². The third-order valence-electron chi connectivity index (χ3n) is 5.79. The lowest BCUT2D eigenvalue weighted by molar-refractivity contribution is -0.138. The molecule has 1 aliphatic carbocycles. The molecule has 3 rings (SSSR count). The van der Waals surface area contributed by atoms with E-state index in [1.54, 1.807) is 0 Å². The molecule has 1 aromatic heterocycles. The van der Waals surface area contributed by atoms with Crippen LogP contribution in [0.2, 0.25) is 10.0 Å². The summed E-state index contributed by atoms with van der Waals surface area (Å²) in [6.07, 6.45) is 10.0. The summed E-state index contributed by atoms with van der Waals surface area (Å²) < 4.78 is 14.7. The molecule has 198 valence electrons. The van der Waals surface area contributed by atoms with Crippen LogP contribution in [0.5, 0.6) is 0 Å². The smallest absolute Gasteiger partial charge is 0.339 e. The second-order valence-corrected chi connectivity index (χ2v) is 9.00. The number of carbonyl (C=O) groups is 4. The van der Waals surface area contributed by atoms with Gasteiger partial charge in [-0.15, -0.1) is 6.42 Å². The van der Waals surface area contributed by atoms with Gasteiger partial charge in [0.2, 0.25) is 0 Å². The summed E-state index contributed by atoms with van der Waals surface area (Å²) in [4.78, 5) is 56.5. The van der Waals surface area contributed by atoms with Gasteiger partial charge in [-0.1, -0.05) is 29.1 Å². The third-order valence-corrected chi connectivity index (χ3v) is 6.41. The van der Waals surface area contributed by atoms with E-state index < -0.39 is 23.8 Å². The Morgan fingerprint density at radius 1 is 0.947 bits per heavy atom. The van der Waals surface area contributed by atoms with Crippen LogP contribution in [0.3, 0.4) is 0 Å². The van der Waals surface area contributed by atoms with Gasteiger partial charge in [0.05, 0.1) is 47.6 Å². The van der Waals surface area contributed by atoms with Crippen LogP contribution in [0.4, 0.5) is 5.69 Å². The molecular weight excluding hydrogens is 535 g/mol. The van der Waals surface area contributed by atoms with Crippen molar-refractivity contribution < 1.29 is 33.4 Å². The van der Waals surface area contributed by atoms with Gasteiger partial charge in [0.15, 0.2) is 6.61 Å². The minimum atomic E-state index is -0.731. The van der Waals surface area contributed by atoms with Crippen LogP contribution in [0.25, 0.3) is 0 Å². The lowest BCUT2D eigenvalue weighted by atomic mass is 9.90. The highest BCUT2D eigenvalue weighted by molar-refractivity contribution is 6.38. The molecule has 1 heterocycles. The number of esters is 3. The highest BCUT2D eigenvalue weighted by Gasteiger charge is 2.31. The number of pyridine rings is 1. The molecule has 9 nitrogen and oxygen atoms in total. The van der Waals surface area contributed by atoms with Crippen molar-refractivity contribution in [1.82, 2.24) is 4.98 Å². The number of halogens is 2. The Hall–Kier alpha value is -3.87. The van der Waals surface area contributed by atoms with Gasteiger partial charge in [-0.2, -0.15) is 0 Å².